The highest BCUT2D eigenvalue weighted by Crippen LogP contribution is 2.27. The Balaban J connectivity index is 1.91. The Kier molecular flexibility index (Phi) is 3.19. The highest BCUT2D eigenvalue weighted by molar-refractivity contribution is 5.79. The molecular weight excluding hydrogens is 178 g/mol. The van der Waals surface area contributed by atoms with E-state index in [1.54, 1.807) is 0 Å². The van der Waals surface area contributed by atoms with Crippen LogP contribution in [0.15, 0.2) is 0 Å². The molecule has 0 amide bonds. The minimum Gasteiger partial charge on any atom is -0.395 e. The number of carbonyl (C=O) groups excluding carboxylic acids is 1. The van der Waals surface area contributed by atoms with Gasteiger partial charge in [0.1, 0.15) is 5.78 Å². The van der Waals surface area contributed by atoms with Crippen LogP contribution >= 0.6 is 0 Å². The number of aliphatic hydroxyl groups is 1. The summed E-state index contributed by atoms with van der Waals surface area (Å²) in [5, 5.41) is 9.21. The zero-order valence-corrected chi connectivity index (χ0v) is 8.61. The summed E-state index contributed by atoms with van der Waals surface area (Å²) in [5.74, 6) is 0.418. The minimum atomic E-state index is 0.282. The number of rotatable bonds is 2. The van der Waals surface area contributed by atoms with Crippen molar-refractivity contribution in [2.45, 2.75) is 50.6 Å². The van der Waals surface area contributed by atoms with Crippen LogP contribution in [0.3, 0.4) is 0 Å². The summed E-state index contributed by atoms with van der Waals surface area (Å²) < 4.78 is 0. The van der Waals surface area contributed by atoms with E-state index >= 15 is 0 Å². The average molecular weight is 197 g/mol. The number of nitrogens with zero attached hydrogens (tertiary/aromatic N) is 1. The first-order valence-electron chi connectivity index (χ1n) is 5.69. The van der Waals surface area contributed by atoms with Gasteiger partial charge in [0.15, 0.2) is 0 Å². The summed E-state index contributed by atoms with van der Waals surface area (Å²) in [6, 6.07) is 0.931. The lowest BCUT2D eigenvalue weighted by molar-refractivity contribution is -0.121. The van der Waals surface area contributed by atoms with Crippen LogP contribution in [0, 0.1) is 0 Å². The van der Waals surface area contributed by atoms with E-state index in [0.29, 0.717) is 17.9 Å². The van der Waals surface area contributed by atoms with Gasteiger partial charge < -0.3 is 5.11 Å². The van der Waals surface area contributed by atoms with Crippen molar-refractivity contribution >= 4 is 5.78 Å². The van der Waals surface area contributed by atoms with E-state index in [1.165, 1.54) is 6.42 Å². The Hall–Kier alpha value is -0.410. The monoisotopic (exact) mass is 197 g/mol. The van der Waals surface area contributed by atoms with Crippen molar-refractivity contribution in [3.63, 3.8) is 0 Å². The van der Waals surface area contributed by atoms with Crippen molar-refractivity contribution in [2.24, 2.45) is 0 Å². The lowest BCUT2D eigenvalue weighted by Gasteiger charge is -2.34. The fraction of sp³-hybridized carbons (Fsp3) is 0.909. The SMILES string of the molecule is O=C1CCC(N2CCCC2CO)CC1. The Bertz CT molecular complexity index is 207. The summed E-state index contributed by atoms with van der Waals surface area (Å²) >= 11 is 0. The van der Waals surface area contributed by atoms with Crippen LogP contribution in [0.5, 0.6) is 0 Å². The second-order valence-corrected chi connectivity index (χ2v) is 4.49. The van der Waals surface area contributed by atoms with E-state index in [9.17, 15) is 9.90 Å². The molecule has 3 nitrogen and oxygen atoms in total. The molecule has 1 aliphatic heterocycles. The van der Waals surface area contributed by atoms with Gasteiger partial charge in [0.25, 0.3) is 0 Å². The molecule has 3 heteroatoms. The summed E-state index contributed by atoms with van der Waals surface area (Å²) in [6.45, 7) is 1.40. The van der Waals surface area contributed by atoms with Gasteiger partial charge in [0.2, 0.25) is 0 Å². The summed E-state index contributed by atoms with van der Waals surface area (Å²) in [5.41, 5.74) is 0. The first kappa shape index (κ1) is 10.1. The largest absolute Gasteiger partial charge is 0.395 e. The standard InChI is InChI=1S/C11H19NO2/c13-8-10-2-1-7-12(10)9-3-5-11(14)6-4-9/h9-10,13H,1-8H2. The number of likely N-dealkylation sites (tertiary alicyclic amines) is 1. The number of ketones is 1. The van der Waals surface area contributed by atoms with Gasteiger partial charge in [-0.3, -0.25) is 9.69 Å². The first-order chi connectivity index (χ1) is 6.81. The molecule has 2 fully saturated rings. The quantitative estimate of drug-likeness (QED) is 0.716. The van der Waals surface area contributed by atoms with Gasteiger partial charge in [-0.15, -0.1) is 0 Å². The molecule has 1 N–H and O–H groups in total. The second kappa shape index (κ2) is 4.41. The minimum absolute atomic E-state index is 0.282. The van der Waals surface area contributed by atoms with Crippen molar-refractivity contribution in [1.82, 2.24) is 4.90 Å². The highest BCUT2D eigenvalue weighted by atomic mass is 16.3. The van der Waals surface area contributed by atoms with Gasteiger partial charge in [0.05, 0.1) is 6.61 Å². The molecule has 1 aliphatic carbocycles. The van der Waals surface area contributed by atoms with Crippen LogP contribution in [0.2, 0.25) is 0 Å². The van der Waals surface area contributed by atoms with E-state index in [1.807, 2.05) is 0 Å². The smallest absolute Gasteiger partial charge is 0.133 e. The molecule has 2 rings (SSSR count). The third kappa shape index (κ3) is 1.98. The predicted molar refractivity (Wildman–Crippen MR) is 54.1 cm³/mol. The molecule has 0 spiro atoms. The van der Waals surface area contributed by atoms with Crippen LogP contribution in [-0.2, 0) is 4.79 Å². The Morgan fingerprint density at radius 3 is 2.64 bits per heavy atom. The molecule has 0 aromatic rings. The molecule has 2 aliphatic rings. The normalized spacial score (nSPS) is 31.2. The predicted octanol–water partition coefficient (Wildman–Crippen LogP) is 0.955. The van der Waals surface area contributed by atoms with Crippen molar-refractivity contribution in [3.8, 4) is 0 Å². The summed E-state index contributed by atoms with van der Waals surface area (Å²) in [7, 11) is 0. The van der Waals surface area contributed by atoms with Gasteiger partial charge in [-0.25, -0.2) is 0 Å². The lowest BCUT2D eigenvalue weighted by atomic mass is 9.93. The Morgan fingerprint density at radius 2 is 2.00 bits per heavy atom. The zero-order chi connectivity index (χ0) is 9.97. The molecule has 80 valence electrons. The van der Waals surface area contributed by atoms with E-state index in [4.69, 9.17) is 0 Å². The average Bonchev–Trinajstić information content (AvgIpc) is 2.67. The number of hydrogen-bond donors (Lipinski definition) is 1. The molecule has 0 aromatic heterocycles. The number of carbonyl (C=O) groups is 1. The van der Waals surface area contributed by atoms with Crippen molar-refractivity contribution < 1.29 is 9.90 Å². The highest BCUT2D eigenvalue weighted by Gasteiger charge is 2.32. The van der Waals surface area contributed by atoms with Crippen molar-refractivity contribution in [1.29, 1.82) is 0 Å². The van der Waals surface area contributed by atoms with Gasteiger partial charge >= 0.3 is 0 Å². The van der Waals surface area contributed by atoms with E-state index in [0.717, 1.165) is 38.6 Å². The Labute approximate surface area is 85.1 Å². The van der Waals surface area contributed by atoms with E-state index in [-0.39, 0.29) is 6.61 Å². The lowest BCUT2D eigenvalue weighted by Crippen LogP contribution is -2.42. The van der Waals surface area contributed by atoms with Crippen LogP contribution < -0.4 is 0 Å². The first-order valence-corrected chi connectivity index (χ1v) is 5.69. The van der Waals surface area contributed by atoms with Gasteiger partial charge in [-0.2, -0.15) is 0 Å². The molecular formula is C11H19NO2. The Morgan fingerprint density at radius 1 is 1.29 bits per heavy atom. The maximum Gasteiger partial charge on any atom is 0.133 e. The van der Waals surface area contributed by atoms with Gasteiger partial charge in [-0.05, 0) is 32.2 Å². The molecule has 0 aromatic carbocycles. The molecule has 14 heavy (non-hydrogen) atoms. The maximum absolute atomic E-state index is 11.1. The number of Topliss-reactive ketones (excluding diaryl/α,β-unsaturated/α-hetero) is 1. The number of aliphatic hydroxyl groups excluding tert-OH is 1. The molecule has 1 saturated heterocycles. The zero-order valence-electron chi connectivity index (χ0n) is 8.61. The third-order valence-electron chi connectivity index (χ3n) is 3.62. The third-order valence-corrected chi connectivity index (χ3v) is 3.62. The van der Waals surface area contributed by atoms with E-state index in [2.05, 4.69) is 4.90 Å². The van der Waals surface area contributed by atoms with Crippen LogP contribution in [0.4, 0.5) is 0 Å². The molecule has 1 saturated carbocycles. The summed E-state index contributed by atoms with van der Waals surface area (Å²) in [6.07, 6.45) is 5.85. The molecule has 1 unspecified atom stereocenters. The second-order valence-electron chi connectivity index (χ2n) is 4.49. The molecule has 0 bridgehead atoms. The fourth-order valence-electron chi connectivity index (χ4n) is 2.79. The van der Waals surface area contributed by atoms with Gasteiger partial charge in [0, 0.05) is 24.9 Å². The number of hydrogen-bond acceptors (Lipinski definition) is 3. The van der Waals surface area contributed by atoms with E-state index < -0.39 is 0 Å². The van der Waals surface area contributed by atoms with Crippen LogP contribution in [-0.4, -0.2) is 41.0 Å². The van der Waals surface area contributed by atoms with Crippen LogP contribution in [0.1, 0.15) is 38.5 Å². The maximum atomic E-state index is 11.1. The summed E-state index contributed by atoms with van der Waals surface area (Å²) in [4.78, 5) is 13.5. The van der Waals surface area contributed by atoms with Gasteiger partial charge in [-0.1, -0.05) is 0 Å². The molecule has 1 atom stereocenters. The van der Waals surface area contributed by atoms with Crippen molar-refractivity contribution in [3.05, 3.63) is 0 Å². The topological polar surface area (TPSA) is 40.5 Å². The molecule has 1 heterocycles. The van der Waals surface area contributed by atoms with Crippen LogP contribution in [0.25, 0.3) is 0 Å². The molecule has 0 radical (unpaired) electrons. The van der Waals surface area contributed by atoms with Crippen molar-refractivity contribution in [2.75, 3.05) is 13.2 Å². The fourth-order valence-corrected chi connectivity index (χ4v) is 2.79.